The number of rotatable bonds is 11. The fourth-order valence-electron chi connectivity index (χ4n) is 6.58. The molecule has 0 aliphatic rings. The Hall–Kier alpha value is -2.13. The number of carbonyl (C=O) groups is 1. The van der Waals surface area contributed by atoms with Crippen molar-refractivity contribution in [2.45, 2.75) is 84.9 Å². The van der Waals surface area contributed by atoms with Crippen molar-refractivity contribution in [1.29, 1.82) is 0 Å². The summed E-state index contributed by atoms with van der Waals surface area (Å²) < 4.78 is 4.88. The molecule has 3 aromatic carbocycles. The summed E-state index contributed by atoms with van der Waals surface area (Å²) in [5, 5.41) is 0. The van der Waals surface area contributed by atoms with Crippen LogP contribution in [0.2, 0.25) is 13.3 Å². The Kier molecular flexibility index (Phi) is 9.32. The van der Waals surface area contributed by atoms with E-state index in [2.05, 4.69) is 139 Å². The summed E-state index contributed by atoms with van der Waals surface area (Å²) in [7, 11) is 0. The van der Waals surface area contributed by atoms with E-state index in [0.717, 1.165) is 13.3 Å². The molecule has 0 unspecified atom stereocenters. The first-order valence-corrected chi connectivity index (χ1v) is 21.1. The van der Waals surface area contributed by atoms with E-state index in [-0.39, 0.29) is 22.0 Å². The van der Waals surface area contributed by atoms with Gasteiger partial charge in [0.1, 0.15) is 0 Å². The second-order valence-electron chi connectivity index (χ2n) is 13.0. The Bertz CT molecular complexity index is 1060. The predicted molar refractivity (Wildman–Crippen MR) is 163 cm³/mol. The summed E-state index contributed by atoms with van der Waals surface area (Å²) in [6.07, 6.45) is 2.00. The molecule has 0 aliphatic heterocycles. The van der Waals surface area contributed by atoms with Crippen LogP contribution in [-0.2, 0) is 21.0 Å². The van der Waals surface area contributed by atoms with E-state index in [9.17, 15) is 4.79 Å². The van der Waals surface area contributed by atoms with Crippen LogP contribution in [-0.4, -0.2) is 24.2 Å². The van der Waals surface area contributed by atoms with Gasteiger partial charge >= 0.3 is 231 Å². The molecule has 0 heterocycles. The molecule has 0 saturated heterocycles. The molecule has 1 nitrogen and oxygen atoms in total. The molecule has 0 aliphatic carbocycles. The van der Waals surface area contributed by atoms with E-state index in [0.29, 0.717) is 0 Å². The van der Waals surface area contributed by atoms with E-state index in [4.69, 9.17) is 0 Å². The SMILES string of the molecule is CC(=O)/C=[C](/C)[Sn]([CH2]C(C)(C)c1ccccc1)([CH2]C(C)(C)c1ccccc1)[CH2]C(C)(C)c1ccccc1. The van der Waals surface area contributed by atoms with Gasteiger partial charge in [-0.15, -0.1) is 0 Å². The van der Waals surface area contributed by atoms with Gasteiger partial charge in [0, 0.05) is 0 Å². The van der Waals surface area contributed by atoms with Gasteiger partial charge in [0.15, 0.2) is 0 Å². The number of carbonyl (C=O) groups excluding carboxylic acids is 1. The summed E-state index contributed by atoms with van der Waals surface area (Å²) in [6.45, 7) is 18.5. The van der Waals surface area contributed by atoms with Crippen molar-refractivity contribution in [3.63, 3.8) is 0 Å². The molecule has 2 heteroatoms. The van der Waals surface area contributed by atoms with Gasteiger partial charge in [-0.05, 0) is 0 Å². The average molecular weight is 601 g/mol. The Morgan fingerprint density at radius 3 is 1.08 bits per heavy atom. The van der Waals surface area contributed by atoms with Crippen LogP contribution in [0.15, 0.2) is 101 Å². The minimum atomic E-state index is -3.34. The minimum absolute atomic E-state index is 0.0166. The first-order valence-electron chi connectivity index (χ1n) is 13.6. The Morgan fingerprint density at radius 1 is 0.568 bits per heavy atom. The monoisotopic (exact) mass is 602 g/mol. The standard InChI is InChI=1S/3C10H13.C5H7O.Sn/c3*1-10(2,3)9-7-5-4-6-8-9;1-3-4-5(2)6;/h3*4-8H,1H2,2-3H3;4H,1-2H3;. The molecule has 0 saturated carbocycles. The van der Waals surface area contributed by atoms with Crippen molar-refractivity contribution in [2.75, 3.05) is 0 Å². The fourth-order valence-corrected chi connectivity index (χ4v) is 27.7. The maximum absolute atomic E-state index is 12.6. The van der Waals surface area contributed by atoms with Crippen LogP contribution in [0.25, 0.3) is 0 Å². The summed E-state index contributed by atoms with van der Waals surface area (Å²) in [5.41, 5.74) is 4.22. The zero-order chi connectivity index (χ0) is 27.3. The van der Waals surface area contributed by atoms with Gasteiger partial charge in [-0.2, -0.15) is 0 Å². The van der Waals surface area contributed by atoms with E-state index in [1.807, 2.05) is 6.08 Å². The van der Waals surface area contributed by atoms with Crippen LogP contribution in [0.1, 0.15) is 72.1 Å². The third-order valence-corrected chi connectivity index (χ3v) is 26.8. The van der Waals surface area contributed by atoms with Crippen LogP contribution in [0.3, 0.4) is 0 Å². The number of allylic oxidation sites excluding steroid dienone is 2. The van der Waals surface area contributed by atoms with Gasteiger partial charge in [-0.3, -0.25) is 0 Å². The van der Waals surface area contributed by atoms with Gasteiger partial charge in [0.25, 0.3) is 0 Å². The molecule has 0 amide bonds. The van der Waals surface area contributed by atoms with Crippen molar-refractivity contribution >= 4 is 24.2 Å². The van der Waals surface area contributed by atoms with E-state index < -0.39 is 18.4 Å². The first-order chi connectivity index (χ1) is 17.3. The molecule has 0 atom stereocenters. The van der Waals surface area contributed by atoms with Gasteiger partial charge in [0.05, 0.1) is 0 Å². The number of hydrogen-bond donors (Lipinski definition) is 0. The van der Waals surface area contributed by atoms with Crippen LogP contribution in [0, 0.1) is 0 Å². The third kappa shape index (κ3) is 7.47. The van der Waals surface area contributed by atoms with Gasteiger partial charge in [0.2, 0.25) is 0 Å². The molecule has 0 fully saturated rings. The average Bonchev–Trinajstić information content (AvgIpc) is 2.84. The van der Waals surface area contributed by atoms with E-state index in [1.165, 1.54) is 20.3 Å². The molecule has 37 heavy (non-hydrogen) atoms. The van der Waals surface area contributed by atoms with Crippen molar-refractivity contribution in [3.05, 3.63) is 117 Å². The van der Waals surface area contributed by atoms with Crippen molar-refractivity contribution in [1.82, 2.24) is 0 Å². The molecule has 0 N–H and O–H groups in total. The van der Waals surface area contributed by atoms with Gasteiger partial charge in [-0.1, -0.05) is 0 Å². The molecule has 3 aromatic rings. The molecular formula is C35H46OSn. The van der Waals surface area contributed by atoms with E-state index >= 15 is 0 Å². The molecule has 0 aromatic heterocycles. The second kappa shape index (κ2) is 11.7. The predicted octanol–water partition coefficient (Wildman–Crippen LogP) is 9.44. The van der Waals surface area contributed by atoms with E-state index in [1.54, 1.807) is 6.92 Å². The summed E-state index contributed by atoms with van der Waals surface area (Å²) in [5.74, 6) is 0.172. The summed E-state index contributed by atoms with van der Waals surface area (Å²) >= 11 is -3.34. The summed E-state index contributed by atoms with van der Waals surface area (Å²) in [6, 6.07) is 33.0. The van der Waals surface area contributed by atoms with Crippen molar-refractivity contribution in [2.24, 2.45) is 0 Å². The Morgan fingerprint density at radius 2 is 0.838 bits per heavy atom. The fraction of sp³-hybridized carbons (Fsp3) is 0.400. The number of ketones is 1. The zero-order valence-corrected chi connectivity index (χ0v) is 27.1. The number of hydrogen-bond acceptors (Lipinski definition) is 1. The molecule has 0 bridgehead atoms. The van der Waals surface area contributed by atoms with Gasteiger partial charge in [-0.25, -0.2) is 0 Å². The second-order valence-corrected chi connectivity index (χ2v) is 25.6. The van der Waals surface area contributed by atoms with Crippen LogP contribution < -0.4 is 0 Å². The summed E-state index contributed by atoms with van der Waals surface area (Å²) in [4.78, 5) is 12.6. The quantitative estimate of drug-likeness (QED) is 0.158. The van der Waals surface area contributed by atoms with Gasteiger partial charge < -0.3 is 0 Å². The topological polar surface area (TPSA) is 17.1 Å². The molecule has 0 radical (unpaired) electrons. The van der Waals surface area contributed by atoms with Crippen molar-refractivity contribution < 1.29 is 4.79 Å². The van der Waals surface area contributed by atoms with Crippen LogP contribution in [0.4, 0.5) is 0 Å². The number of benzene rings is 3. The normalized spacial score (nSPS) is 13.5. The molecular weight excluding hydrogens is 555 g/mol. The Balaban J connectivity index is 2.22. The maximum atomic E-state index is 12.6. The van der Waals surface area contributed by atoms with Crippen LogP contribution in [0.5, 0.6) is 0 Å². The Labute approximate surface area is 230 Å². The zero-order valence-electron chi connectivity index (χ0n) is 24.3. The molecule has 196 valence electrons. The molecule has 0 spiro atoms. The van der Waals surface area contributed by atoms with Crippen LogP contribution >= 0.6 is 0 Å². The van der Waals surface area contributed by atoms with Crippen molar-refractivity contribution in [3.8, 4) is 0 Å². The third-order valence-electron chi connectivity index (χ3n) is 8.26. The first kappa shape index (κ1) is 29.4. The molecule has 3 rings (SSSR count).